The van der Waals surface area contributed by atoms with Crippen molar-refractivity contribution in [1.29, 1.82) is 0 Å². The third-order valence-corrected chi connectivity index (χ3v) is 4.62. The molecule has 0 spiro atoms. The number of fused-ring (bicyclic) bond motifs is 1. The summed E-state index contributed by atoms with van der Waals surface area (Å²) >= 11 is 6.03. The molecule has 1 atom stereocenters. The molecule has 25 heavy (non-hydrogen) atoms. The third kappa shape index (κ3) is 3.17. The van der Waals surface area contributed by atoms with E-state index < -0.39 is 5.82 Å². The highest BCUT2D eigenvalue weighted by Gasteiger charge is 2.20. The van der Waals surface area contributed by atoms with Crippen molar-refractivity contribution >= 4 is 22.9 Å². The van der Waals surface area contributed by atoms with E-state index in [-0.39, 0.29) is 17.0 Å². The number of halogens is 2. The zero-order valence-corrected chi connectivity index (χ0v) is 14.5. The first kappa shape index (κ1) is 16.2. The van der Waals surface area contributed by atoms with Gasteiger partial charge in [-0.1, -0.05) is 11.6 Å². The van der Waals surface area contributed by atoms with Gasteiger partial charge in [0.05, 0.1) is 17.3 Å². The minimum atomic E-state index is -0.622. The van der Waals surface area contributed by atoms with Crippen molar-refractivity contribution in [3.63, 3.8) is 0 Å². The fourth-order valence-corrected chi connectivity index (χ4v) is 3.23. The zero-order valence-electron chi connectivity index (χ0n) is 13.8. The molecule has 0 aromatic carbocycles. The fraction of sp³-hybridized carbons (Fsp3) is 0.353. The van der Waals surface area contributed by atoms with Crippen LogP contribution in [-0.2, 0) is 0 Å². The second-order valence-electron chi connectivity index (χ2n) is 6.28. The smallest absolute Gasteiger partial charge is 0.202 e. The Hall–Kier alpha value is -2.25. The zero-order chi connectivity index (χ0) is 17.4. The largest absolute Gasteiger partial charge is 0.363 e. The summed E-state index contributed by atoms with van der Waals surface area (Å²) in [6, 6.07) is 4.07. The molecule has 1 aliphatic rings. The van der Waals surface area contributed by atoms with Crippen LogP contribution < -0.4 is 10.6 Å². The summed E-state index contributed by atoms with van der Waals surface area (Å²) in [5.41, 5.74) is 2.66. The Labute approximate surface area is 149 Å². The highest BCUT2D eigenvalue weighted by Crippen LogP contribution is 2.28. The number of anilines is 1. The normalized spacial score (nSPS) is 17.8. The van der Waals surface area contributed by atoms with Crippen LogP contribution in [0.25, 0.3) is 16.9 Å². The first-order valence-electron chi connectivity index (χ1n) is 8.26. The molecule has 3 aromatic rings. The molecule has 0 bridgehead atoms. The van der Waals surface area contributed by atoms with Crippen LogP contribution in [-0.4, -0.2) is 38.7 Å². The Morgan fingerprint density at radius 2 is 2.28 bits per heavy atom. The van der Waals surface area contributed by atoms with Crippen LogP contribution in [0.4, 0.5) is 10.2 Å². The Bertz CT molecular complexity index is 919. The predicted molar refractivity (Wildman–Crippen MR) is 95.4 cm³/mol. The Morgan fingerprint density at radius 3 is 3.08 bits per heavy atom. The molecule has 1 fully saturated rings. The lowest BCUT2D eigenvalue weighted by Gasteiger charge is -2.24. The minimum Gasteiger partial charge on any atom is -0.363 e. The molecule has 130 valence electrons. The summed E-state index contributed by atoms with van der Waals surface area (Å²) in [5, 5.41) is 10.6. The molecule has 1 unspecified atom stereocenters. The average molecular weight is 361 g/mol. The summed E-state index contributed by atoms with van der Waals surface area (Å²) < 4.78 is 16.1. The van der Waals surface area contributed by atoms with E-state index in [0.29, 0.717) is 5.82 Å². The number of hydrogen-bond acceptors (Lipinski definition) is 5. The number of aromatic nitrogens is 4. The summed E-state index contributed by atoms with van der Waals surface area (Å²) in [6.45, 7) is 3.75. The van der Waals surface area contributed by atoms with Crippen LogP contribution in [0.1, 0.15) is 18.4 Å². The van der Waals surface area contributed by atoms with E-state index in [2.05, 4.69) is 25.7 Å². The lowest BCUT2D eigenvalue weighted by molar-refractivity contribution is 0.476. The molecule has 1 aliphatic heterocycles. The van der Waals surface area contributed by atoms with Gasteiger partial charge in [-0.15, -0.1) is 0 Å². The summed E-state index contributed by atoms with van der Waals surface area (Å²) in [5.74, 6) is -0.127. The van der Waals surface area contributed by atoms with Crippen LogP contribution in [0.2, 0.25) is 5.15 Å². The van der Waals surface area contributed by atoms with Gasteiger partial charge in [0.2, 0.25) is 5.82 Å². The number of nitrogens with one attached hydrogen (secondary N) is 2. The van der Waals surface area contributed by atoms with Crippen molar-refractivity contribution in [3.05, 3.63) is 41.1 Å². The van der Waals surface area contributed by atoms with Gasteiger partial charge in [-0.25, -0.2) is 14.5 Å². The predicted octanol–water partition coefficient (Wildman–Crippen LogP) is 3.06. The maximum absolute atomic E-state index is 14.4. The minimum absolute atomic E-state index is 0.119. The summed E-state index contributed by atoms with van der Waals surface area (Å²) in [6.07, 6.45) is 5.54. The molecule has 8 heteroatoms. The van der Waals surface area contributed by atoms with E-state index in [9.17, 15) is 4.39 Å². The van der Waals surface area contributed by atoms with Gasteiger partial charge < -0.3 is 10.6 Å². The molecule has 4 heterocycles. The molecule has 0 aliphatic carbocycles. The van der Waals surface area contributed by atoms with Crippen LogP contribution in [0, 0.1) is 12.7 Å². The number of rotatable bonds is 3. The average Bonchev–Trinajstić information content (AvgIpc) is 3.02. The van der Waals surface area contributed by atoms with E-state index in [1.807, 2.05) is 25.3 Å². The van der Waals surface area contributed by atoms with E-state index >= 15 is 0 Å². The lowest BCUT2D eigenvalue weighted by atomic mass is 10.1. The molecule has 4 rings (SSSR count). The first-order valence-corrected chi connectivity index (χ1v) is 8.64. The van der Waals surface area contributed by atoms with Crippen molar-refractivity contribution in [2.24, 2.45) is 0 Å². The highest BCUT2D eigenvalue weighted by molar-refractivity contribution is 6.29. The SMILES string of the molecule is Cc1ccn2ncc(-c3nc(Cl)c(F)c(NC4CCCNC4)n3)c2c1. The monoisotopic (exact) mass is 360 g/mol. The lowest BCUT2D eigenvalue weighted by Crippen LogP contribution is -2.38. The van der Waals surface area contributed by atoms with E-state index in [1.54, 1.807) is 10.7 Å². The maximum Gasteiger partial charge on any atom is 0.202 e. The van der Waals surface area contributed by atoms with Gasteiger partial charge in [0.25, 0.3) is 0 Å². The topological polar surface area (TPSA) is 67.1 Å². The first-order chi connectivity index (χ1) is 12.1. The number of pyridine rings is 1. The van der Waals surface area contributed by atoms with Crippen LogP contribution in [0.3, 0.4) is 0 Å². The summed E-state index contributed by atoms with van der Waals surface area (Å²) in [4.78, 5) is 8.51. The van der Waals surface area contributed by atoms with Gasteiger partial charge in [0.1, 0.15) is 0 Å². The van der Waals surface area contributed by atoms with Crippen LogP contribution in [0.15, 0.2) is 24.5 Å². The molecule has 1 saturated heterocycles. The van der Waals surface area contributed by atoms with Gasteiger partial charge in [-0.2, -0.15) is 9.49 Å². The quantitative estimate of drug-likeness (QED) is 0.703. The van der Waals surface area contributed by atoms with Gasteiger partial charge in [-0.3, -0.25) is 0 Å². The molecular formula is C17H18ClFN6. The number of piperidine rings is 1. The van der Waals surface area contributed by atoms with E-state index in [4.69, 9.17) is 11.6 Å². The number of nitrogens with zero attached hydrogens (tertiary/aromatic N) is 4. The van der Waals surface area contributed by atoms with Crippen molar-refractivity contribution in [1.82, 2.24) is 24.9 Å². The van der Waals surface area contributed by atoms with Gasteiger partial charge in [0.15, 0.2) is 16.8 Å². The van der Waals surface area contributed by atoms with Crippen molar-refractivity contribution < 1.29 is 4.39 Å². The molecule has 6 nitrogen and oxygen atoms in total. The van der Waals surface area contributed by atoms with Crippen LogP contribution in [0.5, 0.6) is 0 Å². The third-order valence-electron chi connectivity index (χ3n) is 4.37. The van der Waals surface area contributed by atoms with E-state index in [1.165, 1.54) is 0 Å². The number of hydrogen-bond donors (Lipinski definition) is 2. The van der Waals surface area contributed by atoms with Crippen molar-refractivity contribution in [2.75, 3.05) is 18.4 Å². The molecule has 0 radical (unpaired) electrons. The fourth-order valence-electron chi connectivity index (χ4n) is 3.06. The Kier molecular flexibility index (Phi) is 4.27. The molecule has 3 aromatic heterocycles. The molecule has 0 amide bonds. The standard InChI is InChI=1S/C17H18ClFN6/c1-10-4-6-25-13(7-10)12(9-21-25)16-23-15(18)14(19)17(24-16)22-11-3-2-5-20-8-11/h4,6-7,9,11,20H,2-3,5,8H2,1H3,(H,22,23,24). The van der Waals surface area contributed by atoms with Gasteiger partial charge in [0, 0.05) is 18.8 Å². The number of aryl methyl sites for hydroxylation is 1. The Balaban J connectivity index is 1.75. The van der Waals surface area contributed by atoms with Crippen molar-refractivity contribution in [3.8, 4) is 11.4 Å². The van der Waals surface area contributed by atoms with Crippen LogP contribution >= 0.6 is 11.6 Å². The van der Waals surface area contributed by atoms with Gasteiger partial charge >= 0.3 is 0 Å². The second kappa shape index (κ2) is 6.57. The Morgan fingerprint density at radius 1 is 1.40 bits per heavy atom. The second-order valence-corrected chi connectivity index (χ2v) is 6.64. The van der Waals surface area contributed by atoms with Gasteiger partial charge in [-0.05, 0) is 44.0 Å². The van der Waals surface area contributed by atoms with E-state index in [0.717, 1.165) is 42.6 Å². The maximum atomic E-state index is 14.4. The molecule has 2 N–H and O–H groups in total. The summed E-state index contributed by atoms with van der Waals surface area (Å²) in [7, 11) is 0. The highest BCUT2D eigenvalue weighted by atomic mass is 35.5. The molecular weight excluding hydrogens is 343 g/mol. The van der Waals surface area contributed by atoms with Crippen molar-refractivity contribution in [2.45, 2.75) is 25.8 Å². The molecule has 0 saturated carbocycles.